The Labute approximate surface area is 192 Å². The number of amides is 2. The van der Waals surface area contributed by atoms with Gasteiger partial charge in [-0.05, 0) is 55.0 Å². The van der Waals surface area contributed by atoms with Crippen LogP contribution in [0.2, 0.25) is 0 Å². The third-order valence-corrected chi connectivity index (χ3v) is 6.57. The number of nitrogens with zero attached hydrogens (tertiary/aromatic N) is 2. The van der Waals surface area contributed by atoms with E-state index in [0.29, 0.717) is 29.3 Å². The molecule has 1 aliphatic rings. The van der Waals surface area contributed by atoms with Crippen LogP contribution in [0.15, 0.2) is 42.6 Å². The van der Waals surface area contributed by atoms with E-state index < -0.39 is 5.91 Å². The van der Waals surface area contributed by atoms with Gasteiger partial charge in [0.1, 0.15) is 11.5 Å². The fourth-order valence-corrected chi connectivity index (χ4v) is 4.68. The first-order chi connectivity index (χ1) is 15.9. The van der Waals surface area contributed by atoms with Gasteiger partial charge < -0.3 is 30.4 Å². The Morgan fingerprint density at radius 1 is 1.18 bits per heavy atom. The van der Waals surface area contributed by atoms with Crippen molar-refractivity contribution in [3.05, 3.63) is 59.3 Å². The molecule has 2 aromatic carbocycles. The van der Waals surface area contributed by atoms with Gasteiger partial charge in [0.25, 0.3) is 5.91 Å². The van der Waals surface area contributed by atoms with Gasteiger partial charge in [-0.3, -0.25) is 9.59 Å². The van der Waals surface area contributed by atoms with Crippen LogP contribution in [-0.2, 0) is 6.42 Å². The number of phenols is 1. The number of benzene rings is 2. The lowest BCUT2D eigenvalue weighted by Gasteiger charge is -2.33. The summed E-state index contributed by atoms with van der Waals surface area (Å²) in [6.45, 7) is 2.59. The predicted molar refractivity (Wildman–Crippen MR) is 127 cm³/mol. The van der Waals surface area contributed by atoms with Crippen molar-refractivity contribution in [1.82, 2.24) is 14.8 Å². The number of ether oxygens (including phenoxy) is 1. The Morgan fingerprint density at radius 2 is 1.94 bits per heavy atom. The highest BCUT2D eigenvalue weighted by molar-refractivity contribution is 5.97. The van der Waals surface area contributed by atoms with Gasteiger partial charge >= 0.3 is 0 Å². The van der Waals surface area contributed by atoms with Crippen molar-refractivity contribution in [3.8, 4) is 11.5 Å². The van der Waals surface area contributed by atoms with Gasteiger partial charge in [-0.15, -0.1) is 0 Å². The first kappa shape index (κ1) is 22.7. The van der Waals surface area contributed by atoms with E-state index in [2.05, 4.69) is 27.0 Å². The van der Waals surface area contributed by atoms with Crippen LogP contribution in [0.3, 0.4) is 0 Å². The van der Waals surface area contributed by atoms with Crippen molar-refractivity contribution in [2.75, 3.05) is 33.8 Å². The Hall–Kier alpha value is -3.52. The lowest BCUT2D eigenvalue weighted by atomic mass is 10.0. The summed E-state index contributed by atoms with van der Waals surface area (Å²) in [6.07, 6.45) is 4.62. The molecule has 0 aliphatic carbocycles. The van der Waals surface area contributed by atoms with Crippen LogP contribution in [-0.4, -0.2) is 60.2 Å². The highest BCUT2D eigenvalue weighted by Crippen LogP contribution is 2.33. The van der Waals surface area contributed by atoms with Crippen LogP contribution in [0.4, 0.5) is 0 Å². The number of likely N-dealkylation sites (tertiary alicyclic amines) is 1. The summed E-state index contributed by atoms with van der Waals surface area (Å²) in [7, 11) is 3.10. The number of carbonyl (C=O) groups is 2. The molecule has 2 amide bonds. The van der Waals surface area contributed by atoms with Crippen LogP contribution in [0.25, 0.3) is 10.9 Å². The van der Waals surface area contributed by atoms with Crippen molar-refractivity contribution in [1.29, 1.82) is 0 Å². The van der Waals surface area contributed by atoms with Crippen molar-refractivity contribution in [3.63, 3.8) is 0 Å². The van der Waals surface area contributed by atoms with Gasteiger partial charge in [0, 0.05) is 55.6 Å². The van der Waals surface area contributed by atoms with E-state index in [1.54, 1.807) is 32.4 Å². The number of aromatic nitrogens is 1. The number of hydrogen-bond donors (Lipinski definition) is 3. The highest BCUT2D eigenvalue weighted by Gasteiger charge is 2.23. The fraction of sp³-hybridized carbons (Fsp3) is 0.360. The Balaban J connectivity index is 1.43. The predicted octanol–water partition coefficient (Wildman–Crippen LogP) is 2.69. The van der Waals surface area contributed by atoms with Gasteiger partial charge in [0.05, 0.1) is 12.7 Å². The van der Waals surface area contributed by atoms with E-state index in [0.717, 1.165) is 43.4 Å². The number of methoxy groups -OCH3 is 1. The molecule has 4 rings (SSSR count). The SMILES string of the molecule is CNC(=O)c1ccc(OC)c(CCN2CCC(n3ccc4ccc(C(N)=O)cc43)CC2)c1O. The number of primary amides is 1. The van der Waals surface area contributed by atoms with Crippen molar-refractivity contribution >= 4 is 22.7 Å². The van der Waals surface area contributed by atoms with Crippen LogP contribution in [0.1, 0.15) is 45.2 Å². The second-order valence-electron chi connectivity index (χ2n) is 8.41. The van der Waals surface area contributed by atoms with Crippen molar-refractivity contribution in [2.24, 2.45) is 5.73 Å². The number of hydrogen-bond acceptors (Lipinski definition) is 5. The number of piperidine rings is 1. The monoisotopic (exact) mass is 450 g/mol. The summed E-state index contributed by atoms with van der Waals surface area (Å²) in [5, 5.41) is 14.3. The molecule has 8 heteroatoms. The first-order valence-electron chi connectivity index (χ1n) is 11.2. The minimum absolute atomic E-state index is 0.0207. The molecule has 1 fully saturated rings. The molecular formula is C25H30N4O4. The molecular weight excluding hydrogens is 420 g/mol. The largest absolute Gasteiger partial charge is 0.507 e. The maximum Gasteiger partial charge on any atom is 0.254 e. The summed E-state index contributed by atoms with van der Waals surface area (Å²) in [6, 6.07) is 11.3. The number of phenolic OH excluding ortho intramolecular Hbond substituents is 1. The van der Waals surface area contributed by atoms with Crippen LogP contribution >= 0.6 is 0 Å². The quantitative estimate of drug-likeness (QED) is 0.513. The summed E-state index contributed by atoms with van der Waals surface area (Å²) >= 11 is 0. The molecule has 1 saturated heterocycles. The lowest BCUT2D eigenvalue weighted by Crippen LogP contribution is -2.36. The minimum atomic E-state index is -0.418. The highest BCUT2D eigenvalue weighted by atomic mass is 16.5. The molecule has 0 atom stereocenters. The molecule has 4 N–H and O–H groups in total. The number of carbonyl (C=O) groups excluding carboxylic acids is 2. The molecule has 1 aromatic heterocycles. The maximum atomic E-state index is 12.0. The Kier molecular flexibility index (Phi) is 6.55. The van der Waals surface area contributed by atoms with Gasteiger partial charge in [-0.1, -0.05) is 6.07 Å². The standard InChI is InChI=1S/C25H30N4O4/c1-27-25(32)20-5-6-22(33-2)19(23(20)30)10-13-28-11-8-18(9-12-28)29-14-7-16-3-4-17(24(26)31)15-21(16)29/h3-7,14-15,18,30H,8-13H2,1-2H3,(H2,26,31)(H,27,32). The third-order valence-electron chi connectivity index (χ3n) is 6.57. The zero-order valence-corrected chi connectivity index (χ0v) is 19.0. The topological polar surface area (TPSA) is 110 Å². The summed E-state index contributed by atoms with van der Waals surface area (Å²) in [4.78, 5) is 26.0. The molecule has 0 bridgehead atoms. The van der Waals surface area contributed by atoms with Gasteiger partial charge in [-0.25, -0.2) is 0 Å². The summed E-state index contributed by atoms with van der Waals surface area (Å²) in [5.41, 5.74) is 7.92. The average molecular weight is 451 g/mol. The molecule has 0 saturated carbocycles. The fourth-order valence-electron chi connectivity index (χ4n) is 4.68. The van der Waals surface area contributed by atoms with E-state index in [1.165, 1.54) is 0 Å². The molecule has 0 radical (unpaired) electrons. The van der Waals surface area contributed by atoms with Crippen molar-refractivity contribution < 1.29 is 19.4 Å². The smallest absolute Gasteiger partial charge is 0.254 e. The summed E-state index contributed by atoms with van der Waals surface area (Å²) in [5.74, 6) is -0.180. The minimum Gasteiger partial charge on any atom is -0.507 e. The molecule has 1 aliphatic heterocycles. The van der Waals surface area contributed by atoms with E-state index in [-0.39, 0.29) is 17.2 Å². The maximum absolute atomic E-state index is 12.0. The molecule has 3 aromatic rings. The summed E-state index contributed by atoms with van der Waals surface area (Å²) < 4.78 is 7.67. The number of fused-ring (bicyclic) bond motifs is 1. The number of aromatic hydroxyl groups is 1. The van der Waals surface area contributed by atoms with Gasteiger partial charge in [-0.2, -0.15) is 0 Å². The molecule has 8 nitrogen and oxygen atoms in total. The normalized spacial score (nSPS) is 15.0. The van der Waals surface area contributed by atoms with Crippen LogP contribution in [0.5, 0.6) is 11.5 Å². The number of nitrogens with one attached hydrogen (secondary N) is 1. The average Bonchev–Trinajstić information content (AvgIpc) is 3.26. The second kappa shape index (κ2) is 9.54. The molecule has 174 valence electrons. The van der Waals surface area contributed by atoms with Gasteiger partial charge in [0.15, 0.2) is 0 Å². The Morgan fingerprint density at radius 3 is 2.61 bits per heavy atom. The van der Waals surface area contributed by atoms with Crippen LogP contribution in [0, 0.1) is 0 Å². The van der Waals surface area contributed by atoms with E-state index >= 15 is 0 Å². The third kappa shape index (κ3) is 4.52. The molecule has 2 heterocycles. The zero-order chi connectivity index (χ0) is 23.5. The molecule has 0 spiro atoms. The molecule has 0 unspecified atom stereocenters. The van der Waals surface area contributed by atoms with Crippen molar-refractivity contribution in [2.45, 2.75) is 25.3 Å². The zero-order valence-electron chi connectivity index (χ0n) is 19.0. The number of nitrogens with two attached hydrogens (primary N) is 1. The Bertz CT molecular complexity index is 1180. The second-order valence-corrected chi connectivity index (χ2v) is 8.41. The first-order valence-corrected chi connectivity index (χ1v) is 11.2. The van der Waals surface area contributed by atoms with E-state index in [9.17, 15) is 14.7 Å². The van der Waals surface area contributed by atoms with Crippen LogP contribution < -0.4 is 15.8 Å². The molecule has 33 heavy (non-hydrogen) atoms. The van der Waals surface area contributed by atoms with E-state index in [4.69, 9.17) is 10.5 Å². The van der Waals surface area contributed by atoms with E-state index in [1.807, 2.05) is 12.1 Å². The van der Waals surface area contributed by atoms with Gasteiger partial charge in [0.2, 0.25) is 5.91 Å². The number of rotatable bonds is 7. The lowest BCUT2D eigenvalue weighted by molar-refractivity contribution is 0.0958.